The van der Waals surface area contributed by atoms with Crippen LogP contribution in [0.1, 0.15) is 46.0 Å². The number of likely N-dealkylation sites (tertiary alicyclic amines) is 1. The fraction of sp³-hybridized carbons (Fsp3) is 0.581. The Hall–Kier alpha value is -3.17. The summed E-state index contributed by atoms with van der Waals surface area (Å²) in [7, 11) is 0. The van der Waals surface area contributed by atoms with Crippen molar-refractivity contribution in [3.05, 3.63) is 48.6 Å². The number of ether oxygens (including phenoxy) is 2. The highest BCUT2D eigenvalue weighted by Crippen LogP contribution is 2.53. The number of hydrogen-bond donors (Lipinski definition) is 1. The molecule has 9 heteroatoms. The summed E-state index contributed by atoms with van der Waals surface area (Å²) in [6, 6.07) is 7.06. The highest BCUT2D eigenvalue weighted by Gasteiger charge is 2.71. The summed E-state index contributed by atoms with van der Waals surface area (Å²) in [5.74, 6) is -2.52. The number of carbonyl (C=O) groups is 3. The number of anilines is 2. The fourth-order valence-electron chi connectivity index (χ4n) is 6.76. The number of fused-ring (bicyclic) bond motifs is 2. The van der Waals surface area contributed by atoms with Gasteiger partial charge in [0.2, 0.25) is 5.91 Å². The van der Waals surface area contributed by atoms with Crippen LogP contribution in [0.5, 0.6) is 0 Å². The van der Waals surface area contributed by atoms with Crippen LogP contribution in [0.2, 0.25) is 0 Å². The highest BCUT2D eigenvalue weighted by molar-refractivity contribution is 6.05. The van der Waals surface area contributed by atoms with Gasteiger partial charge in [0.15, 0.2) is 0 Å². The maximum atomic E-state index is 14.4. The minimum absolute atomic E-state index is 0.133. The molecule has 4 aliphatic rings. The highest BCUT2D eigenvalue weighted by atomic mass is 16.6. The third kappa shape index (κ3) is 4.94. The molecule has 1 N–H and O–H groups in total. The van der Waals surface area contributed by atoms with Crippen molar-refractivity contribution in [2.75, 3.05) is 49.2 Å². The van der Waals surface area contributed by atoms with Crippen LogP contribution in [0.3, 0.4) is 0 Å². The molecule has 5 atom stereocenters. The molecule has 2 saturated heterocycles. The van der Waals surface area contributed by atoms with Crippen LogP contribution in [0, 0.1) is 11.8 Å². The van der Waals surface area contributed by atoms with Crippen LogP contribution in [0.15, 0.2) is 48.6 Å². The lowest BCUT2D eigenvalue weighted by molar-refractivity contribution is -0.154. The van der Waals surface area contributed by atoms with Crippen molar-refractivity contribution in [1.82, 2.24) is 4.90 Å². The molecule has 0 aliphatic carbocycles. The molecule has 0 saturated carbocycles. The Kier molecular flexibility index (Phi) is 8.61. The van der Waals surface area contributed by atoms with Crippen LogP contribution in [-0.4, -0.2) is 84.9 Å². The summed E-state index contributed by atoms with van der Waals surface area (Å²) in [5, 5.41) is 9.15. The average Bonchev–Trinajstić information content (AvgIpc) is 3.32. The molecule has 1 spiro atoms. The Morgan fingerprint density at radius 2 is 1.75 bits per heavy atom. The summed E-state index contributed by atoms with van der Waals surface area (Å²) in [6.45, 7) is 7.11. The molecule has 1 aromatic carbocycles. The summed E-state index contributed by atoms with van der Waals surface area (Å²) < 4.78 is 12.1. The maximum absolute atomic E-state index is 14.4. The molecule has 0 aromatic heterocycles. The number of hydrogen-bond acceptors (Lipinski definition) is 7. The van der Waals surface area contributed by atoms with Gasteiger partial charge in [0, 0.05) is 44.2 Å². The van der Waals surface area contributed by atoms with Gasteiger partial charge in [-0.1, -0.05) is 37.1 Å². The lowest BCUT2D eigenvalue weighted by Gasteiger charge is -2.35. The van der Waals surface area contributed by atoms with Crippen LogP contribution in [0.25, 0.3) is 0 Å². The first-order valence-corrected chi connectivity index (χ1v) is 14.7. The summed E-state index contributed by atoms with van der Waals surface area (Å²) in [6.07, 6.45) is 10.6. The van der Waals surface area contributed by atoms with E-state index in [4.69, 9.17) is 14.6 Å². The van der Waals surface area contributed by atoms with Crippen molar-refractivity contribution in [2.45, 2.75) is 63.7 Å². The fourth-order valence-corrected chi connectivity index (χ4v) is 6.76. The normalized spacial score (nSPS) is 29.4. The second kappa shape index (κ2) is 12.1. The monoisotopic (exact) mass is 551 g/mol. The van der Waals surface area contributed by atoms with Gasteiger partial charge < -0.3 is 29.3 Å². The molecule has 40 heavy (non-hydrogen) atoms. The number of rotatable bonds is 10. The Morgan fingerprint density at radius 3 is 2.48 bits per heavy atom. The van der Waals surface area contributed by atoms with E-state index in [9.17, 15) is 14.4 Å². The first-order valence-electron chi connectivity index (χ1n) is 14.7. The van der Waals surface area contributed by atoms with Gasteiger partial charge in [0.25, 0.3) is 5.91 Å². The van der Waals surface area contributed by atoms with E-state index in [0.717, 1.165) is 37.3 Å². The molecule has 5 rings (SSSR count). The van der Waals surface area contributed by atoms with Gasteiger partial charge >= 0.3 is 5.97 Å². The van der Waals surface area contributed by atoms with Gasteiger partial charge in [-0.25, -0.2) is 0 Å². The van der Waals surface area contributed by atoms with E-state index < -0.39 is 35.6 Å². The number of nitrogens with zero attached hydrogens (tertiary/aromatic N) is 3. The molecule has 2 amide bonds. The molecule has 0 bridgehead atoms. The van der Waals surface area contributed by atoms with E-state index >= 15 is 0 Å². The summed E-state index contributed by atoms with van der Waals surface area (Å²) in [5.41, 5.74) is 0.590. The number of cyclic esters (lactones) is 1. The second-order valence-electron chi connectivity index (χ2n) is 10.9. The molecular formula is C31H41N3O6. The van der Waals surface area contributed by atoms with E-state index in [1.54, 1.807) is 9.80 Å². The van der Waals surface area contributed by atoms with Gasteiger partial charge in [0.1, 0.15) is 17.6 Å². The Bertz CT molecular complexity index is 1150. The molecule has 0 radical (unpaired) electrons. The predicted molar refractivity (Wildman–Crippen MR) is 152 cm³/mol. The number of aliphatic hydroxyl groups is 1. The molecule has 4 heterocycles. The zero-order chi connectivity index (χ0) is 28.3. The average molecular weight is 552 g/mol. The minimum Gasteiger partial charge on any atom is -0.465 e. The van der Waals surface area contributed by atoms with Crippen LogP contribution >= 0.6 is 0 Å². The number of unbranched alkanes of at least 4 members (excludes halogenated alkanes) is 3. The zero-order valence-electron chi connectivity index (χ0n) is 23.5. The summed E-state index contributed by atoms with van der Waals surface area (Å²) in [4.78, 5) is 47.3. The SMILES string of the molecule is CCN(CC)c1ccc(N2CC=C[C@]34O[C@@H]5C=CCCOC(=O)[C@@H]5[C@H]3C(=O)N(CCCCCCO)C4C2=O)cc1. The van der Waals surface area contributed by atoms with Gasteiger partial charge in [-0.15, -0.1) is 0 Å². The number of amides is 2. The van der Waals surface area contributed by atoms with Gasteiger partial charge in [-0.05, 0) is 57.4 Å². The maximum Gasteiger partial charge on any atom is 0.312 e. The van der Waals surface area contributed by atoms with Crippen LogP contribution in [-0.2, 0) is 23.9 Å². The van der Waals surface area contributed by atoms with Crippen molar-refractivity contribution in [3.8, 4) is 0 Å². The summed E-state index contributed by atoms with van der Waals surface area (Å²) >= 11 is 0. The molecular weight excluding hydrogens is 510 g/mol. The Balaban J connectivity index is 1.50. The van der Waals surface area contributed by atoms with E-state index in [1.165, 1.54) is 0 Å². The molecule has 1 unspecified atom stereocenters. The Morgan fingerprint density at radius 1 is 1.00 bits per heavy atom. The van der Waals surface area contributed by atoms with Crippen LogP contribution in [0.4, 0.5) is 11.4 Å². The lowest BCUT2D eigenvalue weighted by Crippen LogP contribution is -2.55. The quantitative estimate of drug-likeness (QED) is 0.271. The van der Waals surface area contributed by atoms with Crippen molar-refractivity contribution >= 4 is 29.2 Å². The zero-order valence-corrected chi connectivity index (χ0v) is 23.5. The second-order valence-corrected chi connectivity index (χ2v) is 10.9. The third-order valence-electron chi connectivity index (χ3n) is 8.72. The smallest absolute Gasteiger partial charge is 0.312 e. The van der Waals surface area contributed by atoms with Gasteiger partial charge in [-0.2, -0.15) is 0 Å². The predicted octanol–water partition coefficient (Wildman–Crippen LogP) is 3.07. The number of esters is 1. The van der Waals surface area contributed by atoms with E-state index in [-0.39, 0.29) is 25.0 Å². The lowest BCUT2D eigenvalue weighted by atomic mass is 9.77. The largest absolute Gasteiger partial charge is 0.465 e. The van der Waals surface area contributed by atoms with E-state index in [0.29, 0.717) is 32.4 Å². The third-order valence-corrected chi connectivity index (χ3v) is 8.72. The first kappa shape index (κ1) is 28.4. The van der Waals surface area contributed by atoms with Crippen LogP contribution < -0.4 is 9.80 Å². The first-order chi connectivity index (χ1) is 19.5. The van der Waals surface area contributed by atoms with Crippen molar-refractivity contribution in [1.29, 1.82) is 0 Å². The molecule has 4 aliphatic heterocycles. The number of aliphatic hydroxyl groups excluding tert-OH is 1. The molecule has 9 nitrogen and oxygen atoms in total. The number of benzene rings is 1. The van der Waals surface area contributed by atoms with Crippen molar-refractivity contribution < 1.29 is 29.0 Å². The van der Waals surface area contributed by atoms with Gasteiger partial charge in [-0.3, -0.25) is 14.4 Å². The molecule has 1 aromatic rings. The molecule has 2 fully saturated rings. The standard InChI is InChI=1S/C31H41N3O6/c1-3-32(4-2)22-13-15-23(16-14-22)33-19-11-17-31-26(25-24(40-31)12-7-10-21-39-30(25)38)28(36)34(27(31)29(33)37)18-8-5-6-9-20-35/h7,11-17,24-27,35H,3-6,8-10,18-21H2,1-2H3/t24-,25+,26+,27?,31+/m1/s1. The molecule has 216 valence electrons. The Labute approximate surface area is 236 Å². The van der Waals surface area contributed by atoms with E-state index in [1.807, 2.05) is 48.6 Å². The van der Waals surface area contributed by atoms with Crippen molar-refractivity contribution in [2.24, 2.45) is 11.8 Å². The number of carbonyl (C=O) groups excluding carboxylic acids is 3. The van der Waals surface area contributed by atoms with E-state index in [2.05, 4.69) is 18.7 Å². The van der Waals surface area contributed by atoms with Crippen molar-refractivity contribution in [3.63, 3.8) is 0 Å². The van der Waals surface area contributed by atoms with Gasteiger partial charge in [0.05, 0.1) is 18.6 Å². The minimum atomic E-state index is -1.25. The topological polar surface area (TPSA) is 99.6 Å².